The molecule has 0 radical (unpaired) electrons. The molecule has 0 aliphatic heterocycles. The second-order valence-corrected chi connectivity index (χ2v) is 4.28. The number of anilines is 1. The lowest BCUT2D eigenvalue weighted by Crippen LogP contribution is -2.15. The average Bonchev–Trinajstić information content (AvgIpc) is 2.77. The maximum atomic E-state index is 11.6. The van der Waals surface area contributed by atoms with Gasteiger partial charge in [-0.1, -0.05) is 12.8 Å². The minimum absolute atomic E-state index is 0.0978. The third-order valence-corrected chi connectivity index (χ3v) is 2.93. The van der Waals surface area contributed by atoms with Crippen LogP contribution in [0, 0.1) is 5.92 Å². The van der Waals surface area contributed by atoms with E-state index in [1.54, 1.807) is 4.68 Å². The summed E-state index contributed by atoms with van der Waals surface area (Å²) in [6.07, 6.45) is 7.44. The van der Waals surface area contributed by atoms with E-state index in [0.29, 0.717) is 18.2 Å². The fraction of sp³-hybridized carbons (Fsp3) is 0.636. The standard InChI is InChI=1S/C11H17N3O/c1-14-7-6-10(13-14)12-11(15)8-9-4-2-3-5-9/h6-7,9H,2-5,8H2,1H3,(H,12,13,15). The number of rotatable bonds is 3. The molecule has 1 aromatic rings. The van der Waals surface area contributed by atoms with Gasteiger partial charge in [0.25, 0.3) is 0 Å². The van der Waals surface area contributed by atoms with E-state index in [1.807, 2.05) is 19.3 Å². The Morgan fingerprint density at radius 1 is 1.60 bits per heavy atom. The van der Waals surface area contributed by atoms with Crippen LogP contribution in [0.2, 0.25) is 0 Å². The summed E-state index contributed by atoms with van der Waals surface area (Å²) in [4.78, 5) is 11.6. The number of aromatic nitrogens is 2. The van der Waals surface area contributed by atoms with E-state index < -0.39 is 0 Å². The molecule has 1 aliphatic rings. The van der Waals surface area contributed by atoms with Crippen molar-refractivity contribution in [3.8, 4) is 0 Å². The van der Waals surface area contributed by atoms with Crippen molar-refractivity contribution in [3.63, 3.8) is 0 Å². The van der Waals surface area contributed by atoms with Crippen molar-refractivity contribution in [2.45, 2.75) is 32.1 Å². The minimum atomic E-state index is 0.0978. The fourth-order valence-corrected chi connectivity index (χ4v) is 2.15. The predicted molar refractivity (Wildman–Crippen MR) is 58.4 cm³/mol. The van der Waals surface area contributed by atoms with Crippen molar-refractivity contribution in [2.75, 3.05) is 5.32 Å². The van der Waals surface area contributed by atoms with Gasteiger partial charge in [-0.25, -0.2) is 0 Å². The second-order valence-electron chi connectivity index (χ2n) is 4.28. The maximum Gasteiger partial charge on any atom is 0.225 e. The third-order valence-electron chi connectivity index (χ3n) is 2.93. The first-order valence-electron chi connectivity index (χ1n) is 5.53. The van der Waals surface area contributed by atoms with Crippen LogP contribution in [0.1, 0.15) is 32.1 Å². The maximum absolute atomic E-state index is 11.6. The Labute approximate surface area is 89.7 Å². The first-order chi connectivity index (χ1) is 7.24. The lowest BCUT2D eigenvalue weighted by Gasteiger charge is -2.07. The smallest absolute Gasteiger partial charge is 0.225 e. The number of nitrogens with one attached hydrogen (secondary N) is 1. The highest BCUT2D eigenvalue weighted by atomic mass is 16.1. The molecule has 15 heavy (non-hydrogen) atoms. The van der Waals surface area contributed by atoms with Crippen LogP contribution in [0.3, 0.4) is 0 Å². The van der Waals surface area contributed by atoms with Crippen molar-refractivity contribution in [3.05, 3.63) is 12.3 Å². The lowest BCUT2D eigenvalue weighted by molar-refractivity contribution is -0.117. The molecule has 1 aromatic heterocycles. The zero-order valence-corrected chi connectivity index (χ0v) is 9.07. The fourth-order valence-electron chi connectivity index (χ4n) is 2.15. The second kappa shape index (κ2) is 4.47. The van der Waals surface area contributed by atoms with Crippen molar-refractivity contribution in [1.82, 2.24) is 9.78 Å². The molecule has 1 saturated carbocycles. The Kier molecular flexibility index (Phi) is 3.04. The molecule has 0 spiro atoms. The van der Waals surface area contributed by atoms with E-state index in [0.717, 1.165) is 0 Å². The van der Waals surface area contributed by atoms with Crippen LogP contribution in [0.25, 0.3) is 0 Å². The molecule has 1 N–H and O–H groups in total. The predicted octanol–water partition coefficient (Wildman–Crippen LogP) is 1.94. The van der Waals surface area contributed by atoms with Crippen LogP contribution in [-0.4, -0.2) is 15.7 Å². The summed E-state index contributed by atoms with van der Waals surface area (Å²) in [5.74, 6) is 1.34. The normalized spacial score (nSPS) is 16.9. The van der Waals surface area contributed by atoms with Gasteiger partial charge in [0.15, 0.2) is 5.82 Å². The number of aryl methyl sites for hydroxylation is 1. The summed E-state index contributed by atoms with van der Waals surface area (Å²) < 4.78 is 1.69. The summed E-state index contributed by atoms with van der Waals surface area (Å²) >= 11 is 0. The Hall–Kier alpha value is -1.32. The number of amides is 1. The van der Waals surface area contributed by atoms with Gasteiger partial charge in [-0.15, -0.1) is 0 Å². The Morgan fingerprint density at radius 2 is 2.33 bits per heavy atom. The molecular weight excluding hydrogens is 190 g/mol. The molecule has 0 saturated heterocycles. The van der Waals surface area contributed by atoms with Gasteiger partial charge in [0.1, 0.15) is 0 Å². The van der Waals surface area contributed by atoms with E-state index in [2.05, 4.69) is 10.4 Å². The largest absolute Gasteiger partial charge is 0.309 e. The molecule has 4 nitrogen and oxygen atoms in total. The summed E-state index contributed by atoms with van der Waals surface area (Å²) in [5.41, 5.74) is 0. The van der Waals surface area contributed by atoms with Gasteiger partial charge >= 0.3 is 0 Å². The Balaban J connectivity index is 1.81. The summed E-state index contributed by atoms with van der Waals surface area (Å²) in [6, 6.07) is 1.81. The van der Waals surface area contributed by atoms with E-state index in [-0.39, 0.29) is 5.91 Å². The van der Waals surface area contributed by atoms with E-state index in [9.17, 15) is 4.79 Å². The Morgan fingerprint density at radius 3 is 2.93 bits per heavy atom. The van der Waals surface area contributed by atoms with Crippen LogP contribution in [0.4, 0.5) is 5.82 Å². The van der Waals surface area contributed by atoms with Gasteiger partial charge in [-0.3, -0.25) is 9.48 Å². The van der Waals surface area contributed by atoms with Crippen LogP contribution in [0.15, 0.2) is 12.3 Å². The molecule has 1 amide bonds. The van der Waals surface area contributed by atoms with Gasteiger partial charge in [0.2, 0.25) is 5.91 Å². The van der Waals surface area contributed by atoms with Gasteiger partial charge in [0, 0.05) is 25.7 Å². The highest BCUT2D eigenvalue weighted by molar-refractivity contribution is 5.89. The summed E-state index contributed by atoms with van der Waals surface area (Å²) in [7, 11) is 1.84. The van der Waals surface area contributed by atoms with Crippen molar-refractivity contribution >= 4 is 11.7 Å². The molecule has 0 bridgehead atoms. The van der Waals surface area contributed by atoms with Crippen LogP contribution in [0.5, 0.6) is 0 Å². The Bertz CT molecular complexity index is 339. The van der Waals surface area contributed by atoms with Gasteiger partial charge in [-0.05, 0) is 18.8 Å². The zero-order chi connectivity index (χ0) is 10.7. The molecule has 1 fully saturated rings. The molecule has 82 valence electrons. The molecule has 0 unspecified atom stereocenters. The summed E-state index contributed by atoms with van der Waals surface area (Å²) in [6.45, 7) is 0. The molecule has 2 rings (SSSR count). The number of carbonyl (C=O) groups excluding carboxylic acids is 1. The number of hydrogen-bond donors (Lipinski definition) is 1. The molecule has 0 aromatic carbocycles. The first-order valence-corrected chi connectivity index (χ1v) is 5.53. The van der Waals surface area contributed by atoms with Crippen molar-refractivity contribution in [2.24, 2.45) is 13.0 Å². The average molecular weight is 207 g/mol. The van der Waals surface area contributed by atoms with Crippen LogP contribution < -0.4 is 5.32 Å². The molecule has 0 atom stereocenters. The molecule has 4 heteroatoms. The molecule has 1 aliphatic carbocycles. The topological polar surface area (TPSA) is 46.9 Å². The first kappa shape index (κ1) is 10.2. The summed E-state index contributed by atoms with van der Waals surface area (Å²) in [5, 5.41) is 6.93. The van der Waals surface area contributed by atoms with Crippen LogP contribution >= 0.6 is 0 Å². The van der Waals surface area contributed by atoms with Gasteiger partial charge in [-0.2, -0.15) is 5.10 Å². The highest BCUT2D eigenvalue weighted by Gasteiger charge is 2.18. The van der Waals surface area contributed by atoms with E-state index in [1.165, 1.54) is 25.7 Å². The van der Waals surface area contributed by atoms with Crippen molar-refractivity contribution < 1.29 is 4.79 Å². The SMILES string of the molecule is Cn1ccc(NC(=O)CC2CCCC2)n1. The van der Waals surface area contributed by atoms with Crippen molar-refractivity contribution in [1.29, 1.82) is 0 Å². The van der Waals surface area contributed by atoms with E-state index in [4.69, 9.17) is 0 Å². The van der Waals surface area contributed by atoms with Crippen LogP contribution in [-0.2, 0) is 11.8 Å². The number of nitrogens with zero attached hydrogens (tertiary/aromatic N) is 2. The molecular formula is C11H17N3O. The zero-order valence-electron chi connectivity index (χ0n) is 9.07. The number of hydrogen-bond acceptors (Lipinski definition) is 2. The highest BCUT2D eigenvalue weighted by Crippen LogP contribution is 2.27. The quantitative estimate of drug-likeness (QED) is 0.823. The third kappa shape index (κ3) is 2.81. The monoisotopic (exact) mass is 207 g/mol. The molecule has 1 heterocycles. The van der Waals surface area contributed by atoms with Gasteiger partial charge in [0.05, 0.1) is 0 Å². The van der Waals surface area contributed by atoms with Gasteiger partial charge < -0.3 is 5.32 Å². The minimum Gasteiger partial charge on any atom is -0.309 e. The number of carbonyl (C=O) groups is 1. The lowest BCUT2D eigenvalue weighted by atomic mass is 10.0. The van der Waals surface area contributed by atoms with E-state index >= 15 is 0 Å².